The fourth-order valence-corrected chi connectivity index (χ4v) is 3.30. The van der Waals surface area contributed by atoms with E-state index in [0.29, 0.717) is 24.4 Å². The lowest BCUT2D eigenvalue weighted by Gasteiger charge is -2.40. The number of sulfone groups is 1. The van der Waals surface area contributed by atoms with Gasteiger partial charge in [-0.2, -0.15) is 0 Å². The van der Waals surface area contributed by atoms with Crippen molar-refractivity contribution in [2.75, 3.05) is 31.1 Å². The summed E-state index contributed by atoms with van der Waals surface area (Å²) in [5, 5.41) is 3.55. The second-order valence-electron chi connectivity index (χ2n) is 5.19. The highest BCUT2D eigenvalue weighted by Gasteiger charge is 2.26. The number of nitrogens with zero attached hydrogens (tertiary/aromatic N) is 1. The van der Waals surface area contributed by atoms with Crippen LogP contribution in [0, 0.1) is 0 Å². The van der Waals surface area contributed by atoms with Crippen LogP contribution in [0.15, 0.2) is 0 Å². The predicted octanol–water partition coefficient (Wildman–Crippen LogP) is 1.27. The molecule has 0 aliphatic carbocycles. The van der Waals surface area contributed by atoms with Crippen LogP contribution in [0.2, 0.25) is 0 Å². The van der Waals surface area contributed by atoms with E-state index in [1.165, 1.54) is 0 Å². The Morgan fingerprint density at radius 3 is 2.56 bits per heavy atom. The first-order valence-electron chi connectivity index (χ1n) is 7.20. The van der Waals surface area contributed by atoms with Crippen molar-refractivity contribution in [1.29, 1.82) is 0 Å². The molecule has 0 amide bonds. The third-order valence-electron chi connectivity index (χ3n) is 3.86. The van der Waals surface area contributed by atoms with Crippen LogP contribution in [0.5, 0.6) is 0 Å². The van der Waals surface area contributed by atoms with E-state index in [0.717, 1.165) is 32.4 Å². The molecule has 4 nitrogen and oxygen atoms in total. The van der Waals surface area contributed by atoms with E-state index >= 15 is 0 Å². The van der Waals surface area contributed by atoms with Crippen molar-refractivity contribution in [3.05, 3.63) is 0 Å². The van der Waals surface area contributed by atoms with Gasteiger partial charge in [0, 0.05) is 37.5 Å². The fourth-order valence-electron chi connectivity index (χ4n) is 2.49. The number of rotatable bonds is 7. The summed E-state index contributed by atoms with van der Waals surface area (Å²) in [6.07, 6.45) is 3.41. The molecule has 1 N–H and O–H groups in total. The lowest BCUT2D eigenvalue weighted by atomic mass is 10.0. The average Bonchev–Trinajstić information content (AvgIpc) is 2.38. The second-order valence-corrected chi connectivity index (χ2v) is 7.66. The van der Waals surface area contributed by atoms with Crippen LogP contribution >= 0.6 is 0 Å². The van der Waals surface area contributed by atoms with Crippen molar-refractivity contribution in [2.45, 2.75) is 52.1 Å². The Labute approximate surface area is 112 Å². The van der Waals surface area contributed by atoms with Crippen molar-refractivity contribution < 1.29 is 8.42 Å². The molecule has 1 saturated heterocycles. The molecule has 0 aromatic heterocycles. The molecule has 18 heavy (non-hydrogen) atoms. The molecule has 1 rings (SSSR count). The molecule has 0 radical (unpaired) electrons. The Morgan fingerprint density at radius 2 is 2.00 bits per heavy atom. The van der Waals surface area contributed by atoms with Crippen molar-refractivity contribution in [1.82, 2.24) is 10.2 Å². The van der Waals surface area contributed by atoms with Crippen LogP contribution in [0.1, 0.15) is 40.0 Å². The zero-order chi connectivity index (χ0) is 13.6. The van der Waals surface area contributed by atoms with Gasteiger partial charge in [-0.15, -0.1) is 0 Å². The second kappa shape index (κ2) is 7.46. The van der Waals surface area contributed by atoms with E-state index in [2.05, 4.69) is 24.1 Å². The van der Waals surface area contributed by atoms with Crippen molar-refractivity contribution in [3.8, 4) is 0 Å². The van der Waals surface area contributed by atoms with Crippen LogP contribution in [-0.4, -0.2) is 56.5 Å². The lowest BCUT2D eigenvalue weighted by molar-refractivity contribution is 0.128. The molecule has 5 heteroatoms. The highest BCUT2D eigenvalue weighted by Crippen LogP contribution is 2.13. The molecule has 1 heterocycles. The Balaban J connectivity index is 2.55. The van der Waals surface area contributed by atoms with Gasteiger partial charge in [0.05, 0.1) is 5.75 Å². The third kappa shape index (κ3) is 4.86. The van der Waals surface area contributed by atoms with Gasteiger partial charge in [0.1, 0.15) is 0 Å². The van der Waals surface area contributed by atoms with Crippen LogP contribution in [0.3, 0.4) is 0 Å². The van der Waals surface area contributed by atoms with Gasteiger partial charge in [0.2, 0.25) is 0 Å². The summed E-state index contributed by atoms with van der Waals surface area (Å²) in [6.45, 7) is 8.77. The monoisotopic (exact) mass is 276 g/mol. The van der Waals surface area contributed by atoms with Gasteiger partial charge in [-0.1, -0.05) is 27.2 Å². The summed E-state index contributed by atoms with van der Waals surface area (Å²) in [5.41, 5.74) is 0. The molecule has 1 fully saturated rings. The Bertz CT molecular complexity index is 330. The molecule has 0 spiro atoms. The molecule has 0 aromatic carbocycles. The van der Waals surface area contributed by atoms with Gasteiger partial charge in [-0.25, -0.2) is 8.42 Å². The molecular formula is C13H28N2O2S. The normalized spacial score (nSPS) is 26.4. The number of piperazine rings is 1. The van der Waals surface area contributed by atoms with Gasteiger partial charge in [0.25, 0.3) is 0 Å². The zero-order valence-corrected chi connectivity index (χ0v) is 12.8. The minimum atomic E-state index is -2.84. The Hall–Kier alpha value is -0.130. The highest BCUT2D eigenvalue weighted by molar-refractivity contribution is 7.91. The number of hydrogen-bond donors (Lipinski definition) is 1. The van der Waals surface area contributed by atoms with Gasteiger partial charge in [0.15, 0.2) is 9.84 Å². The molecular weight excluding hydrogens is 248 g/mol. The highest BCUT2D eigenvalue weighted by atomic mass is 32.2. The topological polar surface area (TPSA) is 49.4 Å². The van der Waals surface area contributed by atoms with Crippen LogP contribution in [0.25, 0.3) is 0 Å². The molecule has 0 aromatic rings. The Kier molecular flexibility index (Phi) is 6.60. The first-order valence-corrected chi connectivity index (χ1v) is 9.02. The van der Waals surface area contributed by atoms with Crippen LogP contribution < -0.4 is 5.32 Å². The standard InChI is InChI=1S/C13H28N2O2S/c1-4-7-13-10-14-12(5-2)11-15(13)8-9-18(16,17)6-3/h12-14H,4-11H2,1-3H3. The quantitative estimate of drug-likeness (QED) is 0.761. The summed E-state index contributed by atoms with van der Waals surface area (Å²) >= 11 is 0. The van der Waals surface area contributed by atoms with Crippen molar-refractivity contribution in [2.24, 2.45) is 0 Å². The van der Waals surface area contributed by atoms with E-state index < -0.39 is 9.84 Å². The van der Waals surface area contributed by atoms with Crippen molar-refractivity contribution in [3.63, 3.8) is 0 Å². The fraction of sp³-hybridized carbons (Fsp3) is 1.00. The first kappa shape index (κ1) is 15.9. The molecule has 2 unspecified atom stereocenters. The van der Waals surface area contributed by atoms with E-state index in [9.17, 15) is 8.42 Å². The maximum atomic E-state index is 11.6. The summed E-state index contributed by atoms with van der Waals surface area (Å²) in [4.78, 5) is 2.38. The summed E-state index contributed by atoms with van der Waals surface area (Å²) < 4.78 is 23.2. The van der Waals surface area contributed by atoms with E-state index in [-0.39, 0.29) is 5.75 Å². The van der Waals surface area contributed by atoms with E-state index in [1.807, 2.05) is 0 Å². The maximum absolute atomic E-state index is 11.6. The largest absolute Gasteiger partial charge is 0.311 e. The molecule has 0 saturated carbocycles. The van der Waals surface area contributed by atoms with Gasteiger partial charge >= 0.3 is 0 Å². The molecule has 108 valence electrons. The minimum absolute atomic E-state index is 0.259. The van der Waals surface area contributed by atoms with Crippen LogP contribution in [-0.2, 0) is 9.84 Å². The van der Waals surface area contributed by atoms with Gasteiger partial charge in [-0.3, -0.25) is 4.90 Å². The molecule has 2 atom stereocenters. The van der Waals surface area contributed by atoms with Gasteiger partial charge in [-0.05, 0) is 12.8 Å². The number of hydrogen-bond acceptors (Lipinski definition) is 4. The summed E-state index contributed by atoms with van der Waals surface area (Å²) in [7, 11) is -2.84. The summed E-state index contributed by atoms with van der Waals surface area (Å²) in [5.74, 6) is 0.564. The van der Waals surface area contributed by atoms with Crippen molar-refractivity contribution >= 4 is 9.84 Å². The number of nitrogens with one attached hydrogen (secondary N) is 1. The molecule has 1 aliphatic heterocycles. The van der Waals surface area contributed by atoms with Gasteiger partial charge < -0.3 is 5.32 Å². The van der Waals surface area contributed by atoms with Crippen LogP contribution in [0.4, 0.5) is 0 Å². The zero-order valence-electron chi connectivity index (χ0n) is 12.0. The maximum Gasteiger partial charge on any atom is 0.151 e. The lowest BCUT2D eigenvalue weighted by Crippen LogP contribution is -2.57. The smallest absolute Gasteiger partial charge is 0.151 e. The SMILES string of the molecule is CCCC1CNC(CC)CN1CCS(=O)(=O)CC. The van der Waals surface area contributed by atoms with E-state index in [4.69, 9.17) is 0 Å². The average molecular weight is 276 g/mol. The molecule has 0 bridgehead atoms. The first-order chi connectivity index (χ1) is 8.52. The minimum Gasteiger partial charge on any atom is -0.311 e. The van der Waals surface area contributed by atoms with E-state index in [1.54, 1.807) is 6.92 Å². The molecule has 1 aliphatic rings. The third-order valence-corrected chi connectivity index (χ3v) is 5.54. The Morgan fingerprint density at radius 1 is 1.28 bits per heavy atom. The summed E-state index contributed by atoms with van der Waals surface area (Å²) in [6, 6.07) is 1.02. The predicted molar refractivity (Wildman–Crippen MR) is 76.7 cm³/mol.